The van der Waals surface area contributed by atoms with Crippen molar-refractivity contribution < 1.29 is 18.7 Å². The van der Waals surface area contributed by atoms with Crippen LogP contribution in [-0.4, -0.2) is 59.3 Å². The Morgan fingerprint density at radius 3 is 2.74 bits per heavy atom. The second-order valence-electron chi connectivity index (χ2n) is 8.51. The SMILES string of the molecule is CN(C)C[C@@H](NC(=O)c1cc2c(=O)[nH]c(-c3ccc4c(c3F)OCCO4)cn2n1)c1ccccc1. The number of aromatic nitrogens is 3. The number of likely N-dealkylation sites (N-methyl/N-ethyl adjacent to an activating group) is 1. The van der Waals surface area contributed by atoms with Crippen molar-refractivity contribution in [3.05, 3.63) is 82.2 Å². The highest BCUT2D eigenvalue weighted by Gasteiger charge is 2.23. The number of carbonyl (C=O) groups excluding carboxylic acids is 1. The monoisotopic (exact) mass is 477 g/mol. The highest BCUT2D eigenvalue weighted by molar-refractivity contribution is 5.93. The second-order valence-corrected chi connectivity index (χ2v) is 8.51. The van der Waals surface area contributed by atoms with Crippen molar-refractivity contribution in [1.29, 1.82) is 0 Å². The number of H-pyrrole nitrogens is 1. The Hall–Kier alpha value is -4.18. The van der Waals surface area contributed by atoms with E-state index in [1.807, 2.05) is 49.3 Å². The number of hydrogen-bond donors (Lipinski definition) is 2. The van der Waals surface area contributed by atoms with Crippen LogP contribution in [0.4, 0.5) is 4.39 Å². The molecule has 0 aliphatic carbocycles. The van der Waals surface area contributed by atoms with E-state index in [4.69, 9.17) is 9.47 Å². The van der Waals surface area contributed by atoms with Crippen molar-refractivity contribution in [3.8, 4) is 22.8 Å². The van der Waals surface area contributed by atoms with Gasteiger partial charge in [-0.3, -0.25) is 9.59 Å². The molecule has 0 saturated carbocycles. The third kappa shape index (κ3) is 4.47. The van der Waals surface area contributed by atoms with Crippen LogP contribution in [0.1, 0.15) is 22.1 Å². The molecule has 10 heteroatoms. The largest absolute Gasteiger partial charge is 0.486 e. The van der Waals surface area contributed by atoms with Gasteiger partial charge >= 0.3 is 0 Å². The predicted molar refractivity (Wildman–Crippen MR) is 127 cm³/mol. The molecule has 180 valence electrons. The summed E-state index contributed by atoms with van der Waals surface area (Å²) in [5, 5.41) is 7.29. The molecule has 2 aromatic heterocycles. The first kappa shape index (κ1) is 22.6. The van der Waals surface area contributed by atoms with Gasteiger partial charge in [0.2, 0.25) is 0 Å². The number of carbonyl (C=O) groups is 1. The molecular formula is C25H24FN5O4. The minimum Gasteiger partial charge on any atom is -0.486 e. The van der Waals surface area contributed by atoms with Gasteiger partial charge in [0.15, 0.2) is 23.0 Å². The summed E-state index contributed by atoms with van der Waals surface area (Å²) in [6, 6.07) is 13.8. The fourth-order valence-corrected chi connectivity index (χ4v) is 4.06. The number of ether oxygens (including phenoxy) is 2. The smallest absolute Gasteiger partial charge is 0.274 e. The lowest BCUT2D eigenvalue weighted by atomic mass is 10.1. The molecule has 5 rings (SSSR count). The lowest BCUT2D eigenvalue weighted by Gasteiger charge is -2.22. The topological polar surface area (TPSA) is 101 Å². The van der Waals surface area contributed by atoms with Crippen LogP contribution in [-0.2, 0) is 0 Å². The van der Waals surface area contributed by atoms with E-state index in [1.54, 1.807) is 6.07 Å². The van der Waals surface area contributed by atoms with Crippen molar-refractivity contribution in [2.24, 2.45) is 0 Å². The molecule has 0 bridgehead atoms. The normalized spacial score (nSPS) is 13.7. The van der Waals surface area contributed by atoms with Gasteiger partial charge in [0, 0.05) is 18.2 Å². The second kappa shape index (κ2) is 9.22. The van der Waals surface area contributed by atoms with E-state index in [1.165, 1.54) is 22.8 Å². The van der Waals surface area contributed by atoms with Crippen LogP contribution >= 0.6 is 0 Å². The first-order chi connectivity index (χ1) is 16.9. The molecular weight excluding hydrogens is 453 g/mol. The van der Waals surface area contributed by atoms with Crippen molar-refractivity contribution in [1.82, 2.24) is 24.8 Å². The highest BCUT2D eigenvalue weighted by Crippen LogP contribution is 2.37. The molecule has 2 N–H and O–H groups in total. The third-order valence-electron chi connectivity index (χ3n) is 5.69. The van der Waals surface area contributed by atoms with Crippen LogP contribution in [0.15, 0.2) is 59.5 Å². The lowest BCUT2D eigenvalue weighted by molar-refractivity contribution is 0.0924. The zero-order chi connectivity index (χ0) is 24.5. The van der Waals surface area contributed by atoms with Crippen molar-refractivity contribution >= 4 is 11.4 Å². The molecule has 1 atom stereocenters. The third-order valence-corrected chi connectivity index (χ3v) is 5.69. The highest BCUT2D eigenvalue weighted by atomic mass is 19.1. The van der Waals surface area contributed by atoms with Crippen LogP contribution in [0.5, 0.6) is 11.5 Å². The standard InChI is InChI=1S/C25H24FN5O4/c1-30(2)13-18(15-6-4-3-5-7-15)27-24(32)17-12-20-25(33)28-19(14-31(20)29-17)16-8-9-21-23(22(16)26)35-11-10-34-21/h3-9,12,14,18H,10-11,13H2,1-2H3,(H,27,32)(H,28,33)/t18-/m1/s1. The van der Waals surface area contributed by atoms with Crippen molar-refractivity contribution in [2.45, 2.75) is 6.04 Å². The molecule has 4 aromatic rings. The molecule has 0 fully saturated rings. The lowest BCUT2D eigenvalue weighted by Crippen LogP contribution is -2.35. The van der Waals surface area contributed by atoms with E-state index in [0.29, 0.717) is 18.9 Å². The first-order valence-corrected chi connectivity index (χ1v) is 11.1. The summed E-state index contributed by atoms with van der Waals surface area (Å²) in [6.45, 7) is 1.15. The molecule has 1 aliphatic rings. The number of nitrogens with zero attached hydrogens (tertiary/aromatic N) is 3. The summed E-state index contributed by atoms with van der Waals surface area (Å²) >= 11 is 0. The number of benzene rings is 2. The number of halogens is 1. The van der Waals surface area contributed by atoms with Crippen molar-refractivity contribution in [3.63, 3.8) is 0 Å². The van der Waals surface area contributed by atoms with Crippen LogP contribution in [0.25, 0.3) is 16.8 Å². The molecule has 0 spiro atoms. The van der Waals surface area contributed by atoms with Gasteiger partial charge in [0.25, 0.3) is 11.5 Å². The molecule has 0 unspecified atom stereocenters. The molecule has 35 heavy (non-hydrogen) atoms. The fraction of sp³-hybridized carbons (Fsp3) is 0.240. The number of hydrogen-bond acceptors (Lipinski definition) is 6. The maximum atomic E-state index is 15.1. The number of aromatic amines is 1. The Balaban J connectivity index is 1.47. The molecule has 3 heterocycles. The van der Waals surface area contributed by atoms with Gasteiger partial charge in [0.1, 0.15) is 18.7 Å². The molecule has 1 aliphatic heterocycles. The minimum atomic E-state index is -0.642. The van der Waals surface area contributed by atoms with E-state index in [2.05, 4.69) is 15.4 Å². The number of fused-ring (bicyclic) bond motifs is 2. The summed E-state index contributed by atoms with van der Waals surface area (Å²) < 4.78 is 27.2. The van der Waals surface area contributed by atoms with E-state index in [0.717, 1.165) is 5.56 Å². The quantitative estimate of drug-likeness (QED) is 0.443. The van der Waals surface area contributed by atoms with Gasteiger partial charge in [-0.05, 0) is 31.8 Å². The van der Waals surface area contributed by atoms with Crippen LogP contribution in [0, 0.1) is 5.82 Å². The Bertz CT molecular complexity index is 1450. The van der Waals surface area contributed by atoms with Crippen molar-refractivity contribution in [2.75, 3.05) is 33.9 Å². The Morgan fingerprint density at radius 2 is 1.97 bits per heavy atom. The van der Waals surface area contributed by atoms with E-state index >= 15 is 4.39 Å². The van der Waals surface area contributed by atoms with Gasteiger partial charge in [0.05, 0.1) is 17.9 Å². The number of nitrogens with one attached hydrogen (secondary N) is 2. The zero-order valence-electron chi connectivity index (χ0n) is 19.2. The maximum absolute atomic E-state index is 15.1. The van der Waals surface area contributed by atoms with Gasteiger partial charge in [-0.15, -0.1) is 0 Å². The summed E-state index contributed by atoms with van der Waals surface area (Å²) in [5.41, 5.74) is 1.02. The van der Waals surface area contributed by atoms with Gasteiger partial charge in [-0.2, -0.15) is 5.10 Å². The average molecular weight is 477 g/mol. The number of rotatable bonds is 6. The Kier molecular flexibility index (Phi) is 5.96. The summed E-state index contributed by atoms with van der Waals surface area (Å²) in [7, 11) is 3.84. The van der Waals surface area contributed by atoms with Crippen LogP contribution in [0.2, 0.25) is 0 Å². The van der Waals surface area contributed by atoms with Gasteiger partial charge in [-0.1, -0.05) is 30.3 Å². The van der Waals surface area contributed by atoms with Gasteiger partial charge in [-0.25, -0.2) is 8.91 Å². The fourth-order valence-electron chi connectivity index (χ4n) is 4.06. The van der Waals surface area contributed by atoms with E-state index < -0.39 is 17.3 Å². The van der Waals surface area contributed by atoms with Crippen LogP contribution < -0.4 is 20.3 Å². The van der Waals surface area contributed by atoms with Gasteiger partial charge < -0.3 is 24.7 Å². The molecule has 1 amide bonds. The summed E-state index contributed by atoms with van der Waals surface area (Å²) in [4.78, 5) is 30.5. The van der Waals surface area contributed by atoms with Crippen LogP contribution in [0.3, 0.4) is 0 Å². The maximum Gasteiger partial charge on any atom is 0.274 e. The van der Waals surface area contributed by atoms with E-state index in [-0.39, 0.29) is 40.9 Å². The number of amides is 1. The first-order valence-electron chi connectivity index (χ1n) is 11.1. The van der Waals surface area contributed by atoms with E-state index in [9.17, 15) is 9.59 Å². The average Bonchev–Trinajstić information content (AvgIpc) is 3.29. The predicted octanol–water partition coefficient (Wildman–Crippen LogP) is 2.63. The minimum absolute atomic E-state index is 0.00285. The molecule has 0 saturated heterocycles. The molecule has 0 radical (unpaired) electrons. The zero-order valence-corrected chi connectivity index (χ0v) is 19.2. The Labute approximate surface area is 200 Å². The summed E-state index contributed by atoms with van der Waals surface area (Å²) in [5.74, 6) is -0.750. The molecule has 2 aromatic carbocycles. The Morgan fingerprint density at radius 1 is 1.20 bits per heavy atom. The molecule has 9 nitrogen and oxygen atoms in total. The summed E-state index contributed by atoms with van der Waals surface area (Å²) in [6.07, 6.45) is 1.47.